The molecule has 1 aliphatic rings. The number of Topliss-reactive ketones (excluding diaryl/α,β-unsaturated/α-hetero) is 1. The van der Waals surface area contributed by atoms with Gasteiger partial charge in [-0.05, 0) is 62.3 Å². The van der Waals surface area contributed by atoms with Crippen molar-refractivity contribution in [3.05, 3.63) is 45.5 Å². The lowest BCUT2D eigenvalue weighted by molar-refractivity contribution is 0.0911. The first-order valence-corrected chi connectivity index (χ1v) is 9.85. The zero-order valence-corrected chi connectivity index (χ0v) is 16.1. The molecule has 0 bridgehead atoms. The summed E-state index contributed by atoms with van der Waals surface area (Å²) in [4.78, 5) is 29.6. The molecule has 4 heterocycles. The van der Waals surface area contributed by atoms with Crippen molar-refractivity contribution < 1.29 is 4.79 Å². The van der Waals surface area contributed by atoms with Gasteiger partial charge < -0.3 is 4.90 Å². The summed E-state index contributed by atoms with van der Waals surface area (Å²) in [6.45, 7) is 7.68. The molecule has 0 spiro atoms. The zero-order valence-electron chi connectivity index (χ0n) is 15.3. The van der Waals surface area contributed by atoms with Crippen LogP contribution in [0.15, 0.2) is 23.8 Å². The Morgan fingerprint density at radius 2 is 2.08 bits per heavy atom. The van der Waals surface area contributed by atoms with Crippen molar-refractivity contribution in [1.29, 1.82) is 0 Å². The first-order valence-electron chi connectivity index (χ1n) is 8.97. The molecular formula is C20H22N4OS. The summed E-state index contributed by atoms with van der Waals surface area (Å²) >= 11 is 1.55. The minimum Gasteiger partial charge on any atom is -0.355 e. The Morgan fingerprint density at radius 1 is 1.23 bits per heavy atom. The van der Waals surface area contributed by atoms with Crippen LogP contribution in [0.2, 0.25) is 0 Å². The van der Waals surface area contributed by atoms with E-state index in [1.165, 1.54) is 0 Å². The van der Waals surface area contributed by atoms with E-state index >= 15 is 0 Å². The van der Waals surface area contributed by atoms with Gasteiger partial charge in [0.15, 0.2) is 11.4 Å². The van der Waals surface area contributed by atoms with Gasteiger partial charge >= 0.3 is 0 Å². The highest BCUT2D eigenvalue weighted by Crippen LogP contribution is 2.31. The molecule has 0 radical (unpaired) electrons. The summed E-state index contributed by atoms with van der Waals surface area (Å²) in [5.41, 5.74) is 3.90. The smallest absolute Gasteiger partial charge is 0.177 e. The van der Waals surface area contributed by atoms with Gasteiger partial charge in [-0.3, -0.25) is 4.79 Å². The van der Waals surface area contributed by atoms with Crippen LogP contribution in [0.1, 0.15) is 39.3 Å². The molecule has 0 aliphatic carbocycles. The quantitative estimate of drug-likeness (QED) is 0.653. The minimum absolute atomic E-state index is 0.0184. The van der Waals surface area contributed by atoms with E-state index in [1.807, 2.05) is 25.3 Å². The first kappa shape index (κ1) is 17.1. The number of thiophene rings is 1. The molecule has 6 heteroatoms. The molecule has 1 saturated heterocycles. The number of hydrogen-bond donors (Lipinski definition) is 0. The average Bonchev–Trinajstić information content (AvgIpc) is 3.06. The predicted octanol–water partition coefficient (Wildman–Crippen LogP) is 4.11. The van der Waals surface area contributed by atoms with Gasteiger partial charge in [0.25, 0.3) is 0 Å². The van der Waals surface area contributed by atoms with Gasteiger partial charge in [0.05, 0.1) is 10.3 Å². The van der Waals surface area contributed by atoms with E-state index in [-0.39, 0.29) is 11.7 Å². The second-order valence-corrected chi connectivity index (χ2v) is 7.97. The van der Waals surface area contributed by atoms with E-state index in [0.717, 1.165) is 57.9 Å². The standard InChI is InChI=1S/C20H22N4OS/c1-12-6-8-26-18(12)17(25)15-5-4-7-24(10-15)20-16-13(2)9-14(3)23-19(16)21-11-22-20/h6,8-9,11,15H,4-5,7,10H2,1-3H3/t15-/m1/s1. The summed E-state index contributed by atoms with van der Waals surface area (Å²) in [6, 6.07) is 4.09. The fourth-order valence-corrected chi connectivity index (χ4v) is 4.77. The second-order valence-electron chi connectivity index (χ2n) is 7.06. The van der Waals surface area contributed by atoms with E-state index < -0.39 is 0 Å². The van der Waals surface area contributed by atoms with Crippen LogP contribution in [0.3, 0.4) is 0 Å². The highest BCUT2D eigenvalue weighted by atomic mass is 32.1. The van der Waals surface area contributed by atoms with Crippen LogP contribution < -0.4 is 4.90 Å². The van der Waals surface area contributed by atoms with Crippen molar-refractivity contribution in [3.8, 4) is 0 Å². The molecule has 1 fully saturated rings. The summed E-state index contributed by atoms with van der Waals surface area (Å²) in [5.74, 6) is 1.19. The van der Waals surface area contributed by atoms with Crippen molar-refractivity contribution in [2.24, 2.45) is 5.92 Å². The summed E-state index contributed by atoms with van der Waals surface area (Å²) in [5, 5.41) is 3.00. The molecule has 3 aromatic rings. The lowest BCUT2D eigenvalue weighted by Gasteiger charge is -2.33. The van der Waals surface area contributed by atoms with E-state index in [1.54, 1.807) is 17.7 Å². The Hall–Kier alpha value is -2.34. The van der Waals surface area contributed by atoms with E-state index in [2.05, 4.69) is 32.8 Å². The SMILES string of the molecule is Cc1cc(C)c2c(N3CCC[C@@H](C(=O)c4sccc4C)C3)ncnc2n1. The summed E-state index contributed by atoms with van der Waals surface area (Å²) in [7, 11) is 0. The fraction of sp³-hybridized carbons (Fsp3) is 0.400. The Balaban J connectivity index is 1.68. The van der Waals surface area contributed by atoms with Crippen LogP contribution in [-0.4, -0.2) is 33.8 Å². The number of anilines is 1. The molecule has 134 valence electrons. The van der Waals surface area contributed by atoms with Gasteiger partial charge in [0.1, 0.15) is 12.1 Å². The third kappa shape index (κ3) is 2.98. The maximum atomic E-state index is 13.0. The number of aryl methyl sites for hydroxylation is 3. The number of rotatable bonds is 3. The third-order valence-corrected chi connectivity index (χ3v) is 6.12. The number of hydrogen-bond acceptors (Lipinski definition) is 6. The van der Waals surface area contributed by atoms with Gasteiger partial charge in [0.2, 0.25) is 0 Å². The molecular weight excluding hydrogens is 344 g/mol. The molecule has 1 atom stereocenters. The van der Waals surface area contributed by atoms with Crippen LogP contribution in [0.25, 0.3) is 11.0 Å². The minimum atomic E-state index is 0.0184. The van der Waals surface area contributed by atoms with Crippen molar-refractivity contribution in [2.45, 2.75) is 33.6 Å². The van der Waals surface area contributed by atoms with Crippen LogP contribution in [0, 0.1) is 26.7 Å². The number of aromatic nitrogens is 3. The van der Waals surface area contributed by atoms with Crippen LogP contribution in [0.4, 0.5) is 5.82 Å². The highest BCUT2D eigenvalue weighted by Gasteiger charge is 2.29. The molecule has 0 saturated carbocycles. The molecule has 26 heavy (non-hydrogen) atoms. The Labute approximate surface area is 157 Å². The number of pyridine rings is 1. The van der Waals surface area contributed by atoms with E-state index in [9.17, 15) is 4.79 Å². The molecule has 3 aromatic heterocycles. The van der Waals surface area contributed by atoms with Gasteiger partial charge in [0, 0.05) is 24.7 Å². The van der Waals surface area contributed by atoms with Crippen molar-refractivity contribution in [1.82, 2.24) is 15.0 Å². The lowest BCUT2D eigenvalue weighted by atomic mass is 9.92. The lowest BCUT2D eigenvalue weighted by Crippen LogP contribution is -2.39. The fourth-order valence-electron chi connectivity index (χ4n) is 3.82. The maximum absolute atomic E-state index is 13.0. The second kappa shape index (κ2) is 6.76. The topological polar surface area (TPSA) is 59.0 Å². The van der Waals surface area contributed by atoms with Gasteiger partial charge in [-0.15, -0.1) is 11.3 Å². The van der Waals surface area contributed by atoms with Gasteiger partial charge in [-0.25, -0.2) is 15.0 Å². The molecule has 1 aliphatic heterocycles. The van der Waals surface area contributed by atoms with Crippen LogP contribution >= 0.6 is 11.3 Å². The van der Waals surface area contributed by atoms with Gasteiger partial charge in [-0.2, -0.15) is 0 Å². The molecule has 5 nitrogen and oxygen atoms in total. The third-order valence-electron chi connectivity index (χ3n) is 5.09. The van der Waals surface area contributed by atoms with Gasteiger partial charge in [-0.1, -0.05) is 0 Å². The van der Waals surface area contributed by atoms with E-state index in [0.29, 0.717) is 6.54 Å². The molecule has 0 N–H and O–H groups in total. The Bertz CT molecular complexity index is 981. The van der Waals surface area contributed by atoms with Crippen LogP contribution in [-0.2, 0) is 0 Å². The summed E-state index contributed by atoms with van der Waals surface area (Å²) in [6.07, 6.45) is 3.51. The van der Waals surface area contributed by atoms with Crippen molar-refractivity contribution in [3.63, 3.8) is 0 Å². The number of carbonyl (C=O) groups excluding carboxylic acids is 1. The Morgan fingerprint density at radius 3 is 2.85 bits per heavy atom. The van der Waals surface area contributed by atoms with E-state index in [4.69, 9.17) is 0 Å². The molecule has 4 rings (SSSR count). The first-order chi connectivity index (χ1) is 12.5. The highest BCUT2D eigenvalue weighted by molar-refractivity contribution is 7.12. The number of fused-ring (bicyclic) bond motifs is 1. The van der Waals surface area contributed by atoms with Crippen molar-refractivity contribution in [2.75, 3.05) is 18.0 Å². The number of nitrogens with zero attached hydrogens (tertiary/aromatic N) is 4. The Kier molecular flexibility index (Phi) is 4.44. The summed E-state index contributed by atoms with van der Waals surface area (Å²) < 4.78 is 0. The number of ketones is 1. The largest absolute Gasteiger partial charge is 0.355 e. The molecule has 0 aromatic carbocycles. The number of piperidine rings is 1. The molecule has 0 amide bonds. The maximum Gasteiger partial charge on any atom is 0.177 e. The monoisotopic (exact) mass is 366 g/mol. The zero-order chi connectivity index (χ0) is 18.3. The number of carbonyl (C=O) groups is 1. The van der Waals surface area contributed by atoms with Crippen molar-refractivity contribution >= 4 is 34.0 Å². The average molecular weight is 366 g/mol. The molecule has 0 unspecified atom stereocenters. The predicted molar refractivity (Wildman–Crippen MR) is 105 cm³/mol. The van der Waals surface area contributed by atoms with Crippen LogP contribution in [0.5, 0.6) is 0 Å². The normalized spacial score (nSPS) is 17.7.